The Morgan fingerprint density at radius 2 is 2.16 bits per heavy atom. The minimum atomic E-state index is -0.281. The molecule has 3 amide bonds. The van der Waals surface area contributed by atoms with Gasteiger partial charge in [-0.3, -0.25) is 4.79 Å². The van der Waals surface area contributed by atoms with E-state index in [1.165, 1.54) is 0 Å². The standard InChI is InChI=1S/C18H26ClN3O3/c1-20-17(23)15-12-13(8-9-16(15)19)21-18(24)22-10-4-3-6-14(22)7-5-11-25-2/h8-9,12,14H,3-7,10-11H2,1-2H3,(H,20,23)(H,21,24). The van der Waals surface area contributed by atoms with Crippen LogP contribution in [0.25, 0.3) is 0 Å². The number of likely N-dealkylation sites (tertiary alicyclic amines) is 1. The highest BCUT2D eigenvalue weighted by molar-refractivity contribution is 6.34. The lowest BCUT2D eigenvalue weighted by molar-refractivity contribution is 0.0963. The molecule has 1 aliphatic heterocycles. The van der Waals surface area contributed by atoms with Crippen molar-refractivity contribution in [3.8, 4) is 0 Å². The Morgan fingerprint density at radius 3 is 2.88 bits per heavy atom. The molecule has 6 nitrogen and oxygen atoms in total. The monoisotopic (exact) mass is 367 g/mol. The van der Waals surface area contributed by atoms with Crippen molar-refractivity contribution in [2.75, 3.05) is 32.6 Å². The van der Waals surface area contributed by atoms with Gasteiger partial charge in [0.2, 0.25) is 0 Å². The Morgan fingerprint density at radius 1 is 1.36 bits per heavy atom. The quantitative estimate of drug-likeness (QED) is 0.756. The summed E-state index contributed by atoms with van der Waals surface area (Å²) in [7, 11) is 3.23. The van der Waals surface area contributed by atoms with Gasteiger partial charge in [-0.2, -0.15) is 0 Å². The lowest BCUT2D eigenvalue weighted by Gasteiger charge is -2.35. The Kier molecular flexibility index (Phi) is 7.52. The summed E-state index contributed by atoms with van der Waals surface area (Å²) in [4.78, 5) is 26.4. The van der Waals surface area contributed by atoms with Gasteiger partial charge < -0.3 is 20.3 Å². The van der Waals surface area contributed by atoms with E-state index in [0.717, 1.165) is 38.6 Å². The Bertz CT molecular complexity index is 609. The fraction of sp³-hybridized carbons (Fsp3) is 0.556. The van der Waals surface area contributed by atoms with Gasteiger partial charge in [0, 0.05) is 39.0 Å². The molecular formula is C18H26ClN3O3. The number of anilines is 1. The molecule has 0 aliphatic carbocycles. The van der Waals surface area contributed by atoms with Crippen LogP contribution in [0.15, 0.2) is 18.2 Å². The van der Waals surface area contributed by atoms with Crippen LogP contribution in [-0.4, -0.2) is 50.2 Å². The minimum Gasteiger partial charge on any atom is -0.385 e. The van der Waals surface area contributed by atoms with Crippen molar-refractivity contribution in [2.45, 2.75) is 38.1 Å². The maximum atomic E-state index is 12.7. The second-order valence-electron chi connectivity index (χ2n) is 6.18. The summed E-state index contributed by atoms with van der Waals surface area (Å²) in [6.45, 7) is 1.46. The fourth-order valence-electron chi connectivity index (χ4n) is 3.14. The van der Waals surface area contributed by atoms with Crippen LogP contribution < -0.4 is 10.6 Å². The number of rotatable bonds is 6. The number of methoxy groups -OCH3 is 1. The molecule has 0 radical (unpaired) electrons. The number of benzene rings is 1. The summed E-state index contributed by atoms with van der Waals surface area (Å²) < 4.78 is 5.11. The first-order chi connectivity index (χ1) is 12.1. The molecule has 2 N–H and O–H groups in total. The van der Waals surface area contributed by atoms with Crippen LogP contribution in [0.4, 0.5) is 10.5 Å². The number of hydrogen-bond donors (Lipinski definition) is 2. The number of halogens is 1. The molecule has 1 aliphatic rings. The van der Waals surface area contributed by atoms with E-state index >= 15 is 0 Å². The van der Waals surface area contributed by atoms with Gasteiger partial charge >= 0.3 is 6.03 Å². The number of urea groups is 1. The summed E-state index contributed by atoms with van der Waals surface area (Å²) in [5.74, 6) is -0.281. The molecular weight excluding hydrogens is 342 g/mol. The second-order valence-corrected chi connectivity index (χ2v) is 6.59. The van der Waals surface area contributed by atoms with Gasteiger partial charge in [-0.15, -0.1) is 0 Å². The molecule has 0 spiro atoms. The molecule has 1 aromatic rings. The third-order valence-corrected chi connectivity index (χ3v) is 4.79. The van der Waals surface area contributed by atoms with Crippen molar-refractivity contribution in [1.29, 1.82) is 0 Å². The molecule has 1 unspecified atom stereocenters. The molecule has 1 fully saturated rings. The van der Waals surface area contributed by atoms with E-state index in [9.17, 15) is 9.59 Å². The highest BCUT2D eigenvalue weighted by Crippen LogP contribution is 2.24. The summed E-state index contributed by atoms with van der Waals surface area (Å²) in [5, 5.41) is 5.79. The summed E-state index contributed by atoms with van der Waals surface area (Å²) >= 11 is 6.05. The zero-order chi connectivity index (χ0) is 18.2. The van der Waals surface area contributed by atoms with Crippen LogP contribution in [0.3, 0.4) is 0 Å². The normalized spacial score (nSPS) is 17.2. The predicted octanol–water partition coefficient (Wildman–Crippen LogP) is 3.51. The minimum absolute atomic E-state index is 0.132. The third kappa shape index (κ3) is 5.34. The van der Waals surface area contributed by atoms with Crippen LogP contribution in [0.5, 0.6) is 0 Å². The summed E-state index contributed by atoms with van der Waals surface area (Å²) in [6.07, 6.45) is 5.04. The largest absolute Gasteiger partial charge is 0.385 e. The number of carbonyl (C=O) groups excluding carboxylic acids is 2. The first-order valence-corrected chi connectivity index (χ1v) is 9.02. The van der Waals surface area contributed by atoms with Crippen LogP contribution >= 0.6 is 11.6 Å². The van der Waals surface area contributed by atoms with E-state index in [1.807, 2.05) is 4.90 Å². The second kappa shape index (κ2) is 9.63. The van der Waals surface area contributed by atoms with Crippen molar-refractivity contribution in [2.24, 2.45) is 0 Å². The molecule has 1 heterocycles. The van der Waals surface area contributed by atoms with Gasteiger partial charge in [-0.1, -0.05) is 11.6 Å². The number of carbonyl (C=O) groups is 2. The van der Waals surface area contributed by atoms with Gasteiger partial charge in [-0.25, -0.2) is 4.79 Å². The highest BCUT2D eigenvalue weighted by Gasteiger charge is 2.26. The predicted molar refractivity (Wildman–Crippen MR) is 99.3 cm³/mol. The zero-order valence-electron chi connectivity index (χ0n) is 14.8. The smallest absolute Gasteiger partial charge is 0.322 e. The van der Waals surface area contributed by atoms with E-state index in [0.29, 0.717) is 22.9 Å². The van der Waals surface area contributed by atoms with Gasteiger partial charge in [0.25, 0.3) is 5.91 Å². The first-order valence-electron chi connectivity index (χ1n) is 8.65. The Hall–Kier alpha value is -1.79. The maximum Gasteiger partial charge on any atom is 0.322 e. The molecule has 1 aromatic carbocycles. The maximum absolute atomic E-state index is 12.7. The van der Waals surface area contributed by atoms with Crippen molar-refractivity contribution in [3.63, 3.8) is 0 Å². The first kappa shape index (κ1) is 19.5. The molecule has 2 rings (SSSR count). The van der Waals surface area contributed by atoms with Crippen LogP contribution in [0, 0.1) is 0 Å². The number of nitrogens with one attached hydrogen (secondary N) is 2. The lowest BCUT2D eigenvalue weighted by atomic mass is 9.98. The topological polar surface area (TPSA) is 70.7 Å². The van der Waals surface area contributed by atoms with E-state index < -0.39 is 0 Å². The lowest BCUT2D eigenvalue weighted by Crippen LogP contribution is -2.46. The van der Waals surface area contributed by atoms with Crippen molar-refractivity contribution in [1.82, 2.24) is 10.2 Å². The van der Waals surface area contributed by atoms with Crippen molar-refractivity contribution >= 4 is 29.2 Å². The number of piperidine rings is 1. The highest BCUT2D eigenvalue weighted by atomic mass is 35.5. The van der Waals surface area contributed by atoms with E-state index in [-0.39, 0.29) is 18.0 Å². The molecule has 1 saturated heterocycles. The molecule has 0 saturated carbocycles. The van der Waals surface area contributed by atoms with Gasteiger partial charge in [0.05, 0.1) is 10.6 Å². The van der Waals surface area contributed by atoms with Gasteiger partial charge in [0.1, 0.15) is 0 Å². The molecule has 7 heteroatoms. The van der Waals surface area contributed by atoms with Gasteiger partial charge in [0.15, 0.2) is 0 Å². The zero-order valence-corrected chi connectivity index (χ0v) is 15.6. The molecule has 1 atom stereocenters. The summed E-state index contributed by atoms with van der Waals surface area (Å²) in [5.41, 5.74) is 0.909. The molecule has 25 heavy (non-hydrogen) atoms. The van der Waals surface area contributed by atoms with E-state index in [1.54, 1.807) is 32.4 Å². The Labute approximate surface area is 153 Å². The van der Waals surface area contributed by atoms with Crippen molar-refractivity contribution in [3.05, 3.63) is 28.8 Å². The number of ether oxygens (including phenoxy) is 1. The number of nitrogens with zero attached hydrogens (tertiary/aromatic N) is 1. The average molecular weight is 368 g/mol. The Balaban J connectivity index is 2.05. The van der Waals surface area contributed by atoms with E-state index in [2.05, 4.69) is 10.6 Å². The molecule has 0 bridgehead atoms. The van der Waals surface area contributed by atoms with E-state index in [4.69, 9.17) is 16.3 Å². The number of hydrogen-bond acceptors (Lipinski definition) is 3. The molecule has 138 valence electrons. The van der Waals surface area contributed by atoms with Crippen molar-refractivity contribution < 1.29 is 14.3 Å². The molecule has 0 aromatic heterocycles. The number of amides is 3. The van der Waals surface area contributed by atoms with Crippen LogP contribution in [-0.2, 0) is 4.74 Å². The average Bonchev–Trinajstić information content (AvgIpc) is 2.63. The SMILES string of the molecule is CNC(=O)c1cc(NC(=O)N2CCCCC2CCCOC)ccc1Cl. The van der Waals surface area contributed by atoms with Gasteiger partial charge in [-0.05, 0) is 50.3 Å². The van der Waals surface area contributed by atoms with Crippen LogP contribution in [0.2, 0.25) is 5.02 Å². The fourth-order valence-corrected chi connectivity index (χ4v) is 3.34. The summed E-state index contributed by atoms with van der Waals surface area (Å²) in [6, 6.07) is 5.02. The van der Waals surface area contributed by atoms with Crippen LogP contribution in [0.1, 0.15) is 42.5 Å². The third-order valence-electron chi connectivity index (χ3n) is 4.46.